The summed E-state index contributed by atoms with van der Waals surface area (Å²) in [7, 11) is 0. The van der Waals surface area contributed by atoms with Gasteiger partial charge in [0.25, 0.3) is 0 Å². The van der Waals surface area contributed by atoms with Crippen molar-refractivity contribution < 1.29 is 20.1 Å². The van der Waals surface area contributed by atoms with Gasteiger partial charge in [-0.05, 0) is 25.4 Å². The number of amidine groups is 1. The van der Waals surface area contributed by atoms with Crippen molar-refractivity contribution in [3.8, 4) is 0 Å². The van der Waals surface area contributed by atoms with E-state index in [-0.39, 0.29) is 18.4 Å². The molecule has 2 aliphatic heterocycles. The predicted octanol–water partition coefficient (Wildman–Crippen LogP) is -0.201. The molecular weight excluding hydrogens is 329 g/mol. The molecule has 2 rings (SSSR count). The van der Waals surface area contributed by atoms with Gasteiger partial charge in [-0.1, -0.05) is 13.5 Å². The number of rotatable bonds is 5. The summed E-state index contributed by atoms with van der Waals surface area (Å²) in [6.07, 6.45) is 3.12. The van der Waals surface area contributed by atoms with Gasteiger partial charge in [0.05, 0.1) is 12.7 Å². The summed E-state index contributed by atoms with van der Waals surface area (Å²) in [6, 6.07) is 0. The van der Waals surface area contributed by atoms with E-state index >= 15 is 0 Å². The van der Waals surface area contributed by atoms with Gasteiger partial charge in [0.15, 0.2) is 6.23 Å². The Balaban J connectivity index is 2.19. The van der Waals surface area contributed by atoms with E-state index in [0.29, 0.717) is 11.4 Å². The Morgan fingerprint density at radius 3 is 2.58 bits per heavy atom. The average Bonchev–Trinajstić information content (AvgIpc) is 2.74. The summed E-state index contributed by atoms with van der Waals surface area (Å²) in [4.78, 5) is 5.58. The molecule has 0 aromatic heterocycles. The lowest BCUT2D eigenvalue weighted by Gasteiger charge is -2.32. The fourth-order valence-corrected chi connectivity index (χ4v) is 4.96. The fourth-order valence-electron chi connectivity index (χ4n) is 3.19. The van der Waals surface area contributed by atoms with E-state index in [2.05, 4.69) is 31.2 Å². The number of hydrogen-bond donors (Lipinski definition) is 4. The van der Waals surface area contributed by atoms with E-state index < -0.39 is 31.4 Å². The van der Waals surface area contributed by atoms with Gasteiger partial charge in [-0.2, -0.15) is 0 Å². The summed E-state index contributed by atoms with van der Waals surface area (Å²) in [5, 5.41) is 30.2. The molecular formula is C16H28N3O4P. The van der Waals surface area contributed by atoms with E-state index in [9.17, 15) is 15.3 Å². The molecule has 0 amide bonds. The van der Waals surface area contributed by atoms with Crippen LogP contribution in [0.2, 0.25) is 0 Å². The maximum atomic E-state index is 10.4. The van der Waals surface area contributed by atoms with Crippen LogP contribution in [-0.2, 0) is 4.74 Å². The molecule has 0 aromatic rings. The molecule has 0 aromatic carbocycles. The maximum Gasteiger partial charge on any atom is 0.164 e. The maximum absolute atomic E-state index is 10.4. The number of nitrogens with zero attached hydrogens (tertiary/aromatic N) is 2. The summed E-state index contributed by atoms with van der Waals surface area (Å²) >= 11 is 0. The molecule has 0 saturated carbocycles. The third kappa shape index (κ3) is 3.92. The highest BCUT2D eigenvalue weighted by atomic mass is 31.2. The average molecular weight is 357 g/mol. The van der Waals surface area contributed by atoms with E-state index in [1.807, 2.05) is 6.92 Å². The Bertz CT molecular complexity index is 612. The van der Waals surface area contributed by atoms with Crippen molar-refractivity contribution >= 4 is 19.0 Å². The van der Waals surface area contributed by atoms with Gasteiger partial charge in [-0.25, -0.2) is 4.99 Å². The Morgan fingerprint density at radius 2 is 2.04 bits per heavy atom. The second-order valence-corrected chi connectivity index (χ2v) is 11.4. The lowest BCUT2D eigenvalue weighted by molar-refractivity contribution is -0.0683. The van der Waals surface area contributed by atoms with Crippen LogP contribution in [0, 0.1) is 5.92 Å². The minimum Gasteiger partial charge on any atom is -0.391 e. The van der Waals surface area contributed by atoms with Crippen LogP contribution in [0.15, 0.2) is 29.2 Å². The molecule has 1 saturated heterocycles. The largest absolute Gasteiger partial charge is 0.391 e. The zero-order valence-corrected chi connectivity index (χ0v) is 15.4. The first-order chi connectivity index (χ1) is 11.0. The summed E-state index contributed by atoms with van der Waals surface area (Å²) in [6.45, 7) is 8.46. The second kappa shape index (κ2) is 7.02. The van der Waals surface area contributed by atoms with Crippen molar-refractivity contribution in [2.75, 3.05) is 26.1 Å². The zero-order chi connectivity index (χ0) is 18.2. The molecule has 0 aliphatic carbocycles. The van der Waals surface area contributed by atoms with Gasteiger partial charge in [-0.15, -0.1) is 13.2 Å². The number of aliphatic imine (C=N–C) groups is 1. The molecule has 0 bridgehead atoms. The van der Waals surface area contributed by atoms with Crippen molar-refractivity contribution in [1.29, 1.82) is 0 Å². The Hall–Kier alpha value is -1.11. The smallest absolute Gasteiger partial charge is 0.164 e. The molecule has 136 valence electrons. The SMILES string of the molecule is C=C1N=C(N)C(CO)=CN1[C@@H]1O[C@H](C(C)CP(=C)(C)C)[C@@H](O)[C@H]1O. The minimum atomic E-state index is -1.29. The number of ether oxygens (including phenoxy) is 1. The molecule has 2 heterocycles. The molecule has 5 N–H and O–H groups in total. The highest BCUT2D eigenvalue weighted by Gasteiger charge is 2.48. The fraction of sp³-hybridized carbons (Fsp3) is 0.625. The monoisotopic (exact) mass is 357 g/mol. The van der Waals surface area contributed by atoms with Crippen LogP contribution in [-0.4, -0.2) is 83.0 Å². The van der Waals surface area contributed by atoms with Crippen LogP contribution in [0.25, 0.3) is 0 Å². The lowest BCUT2D eigenvalue weighted by atomic mass is 10.00. The van der Waals surface area contributed by atoms with Gasteiger partial charge in [0.1, 0.15) is 23.9 Å². The van der Waals surface area contributed by atoms with E-state index in [1.54, 1.807) is 6.20 Å². The van der Waals surface area contributed by atoms with E-state index in [4.69, 9.17) is 10.5 Å². The van der Waals surface area contributed by atoms with Crippen LogP contribution in [0.4, 0.5) is 0 Å². The Morgan fingerprint density at radius 1 is 1.42 bits per heavy atom. The third-order valence-corrected chi connectivity index (χ3v) is 5.80. The van der Waals surface area contributed by atoms with Crippen molar-refractivity contribution in [1.82, 2.24) is 4.90 Å². The molecule has 2 aliphatic rings. The first-order valence-electron chi connectivity index (χ1n) is 7.87. The van der Waals surface area contributed by atoms with Crippen molar-refractivity contribution in [3.63, 3.8) is 0 Å². The van der Waals surface area contributed by atoms with Crippen molar-refractivity contribution in [2.45, 2.75) is 31.5 Å². The normalized spacial score (nSPS) is 32.6. The molecule has 7 nitrogen and oxygen atoms in total. The number of nitrogens with two attached hydrogens (primary N) is 1. The second-order valence-electron chi connectivity index (χ2n) is 7.20. The molecule has 0 spiro atoms. The van der Waals surface area contributed by atoms with Crippen LogP contribution in [0.1, 0.15) is 6.92 Å². The van der Waals surface area contributed by atoms with Crippen LogP contribution < -0.4 is 5.73 Å². The first kappa shape index (κ1) is 19.2. The molecule has 5 atom stereocenters. The highest BCUT2D eigenvalue weighted by molar-refractivity contribution is 7.72. The Labute approximate surface area is 143 Å². The van der Waals surface area contributed by atoms with Gasteiger partial charge in [0.2, 0.25) is 0 Å². The van der Waals surface area contributed by atoms with Crippen LogP contribution in [0.3, 0.4) is 0 Å². The predicted molar refractivity (Wildman–Crippen MR) is 98.4 cm³/mol. The standard InChI is InChI=1S/C16H28N3O4P/c1-9(8-24(3,4)5)14-12(21)13(22)16(23-14)19-6-11(7-20)15(17)18-10(19)2/h6,9,12-14,16,20-22H,2-3,7-8H2,1,4-5H3,(H2,17,18)/t9?,12-,13+,14+,16+/m0/s1. The first-order valence-corrected chi connectivity index (χ1v) is 10.9. The highest BCUT2D eigenvalue weighted by Crippen LogP contribution is 2.41. The van der Waals surface area contributed by atoms with Gasteiger partial charge >= 0.3 is 0 Å². The summed E-state index contributed by atoms with van der Waals surface area (Å²) < 4.78 is 5.95. The van der Waals surface area contributed by atoms with Gasteiger partial charge in [-0.3, -0.25) is 0 Å². The summed E-state index contributed by atoms with van der Waals surface area (Å²) in [5.74, 6) is 0.521. The number of aliphatic hydroxyl groups excluding tert-OH is 3. The van der Waals surface area contributed by atoms with Crippen molar-refractivity contribution in [2.24, 2.45) is 16.6 Å². The molecule has 1 fully saturated rings. The summed E-state index contributed by atoms with van der Waals surface area (Å²) in [5.41, 5.74) is 6.14. The minimum absolute atomic E-state index is 0.0494. The molecule has 24 heavy (non-hydrogen) atoms. The molecule has 1 unspecified atom stereocenters. The third-order valence-electron chi connectivity index (χ3n) is 4.23. The molecule has 8 heteroatoms. The van der Waals surface area contributed by atoms with Crippen LogP contribution in [0.5, 0.6) is 0 Å². The Kier molecular flexibility index (Phi) is 5.62. The number of aliphatic hydroxyl groups is 3. The number of hydrogen-bond acceptors (Lipinski definition) is 7. The quantitative estimate of drug-likeness (QED) is 0.507. The van der Waals surface area contributed by atoms with Gasteiger partial charge < -0.3 is 30.7 Å². The van der Waals surface area contributed by atoms with Gasteiger partial charge in [0, 0.05) is 11.8 Å². The van der Waals surface area contributed by atoms with Crippen molar-refractivity contribution in [3.05, 3.63) is 24.2 Å². The molecule has 0 radical (unpaired) electrons. The van der Waals surface area contributed by atoms with Crippen LogP contribution >= 0.6 is 6.89 Å². The van der Waals surface area contributed by atoms with E-state index in [1.165, 1.54) is 4.90 Å². The lowest BCUT2D eigenvalue weighted by Crippen LogP contribution is -2.43. The van der Waals surface area contributed by atoms with E-state index in [0.717, 1.165) is 6.16 Å². The zero-order valence-electron chi connectivity index (χ0n) is 14.5. The topological polar surface area (TPSA) is 112 Å².